The van der Waals surface area contributed by atoms with Gasteiger partial charge in [0.1, 0.15) is 0 Å². The summed E-state index contributed by atoms with van der Waals surface area (Å²) in [6.45, 7) is 2.53. The number of aromatic amines is 1. The van der Waals surface area contributed by atoms with Gasteiger partial charge < -0.3 is 10.7 Å². The predicted octanol–water partition coefficient (Wildman–Crippen LogP) is 2.91. The number of benzene rings is 1. The van der Waals surface area contributed by atoms with Gasteiger partial charge in [0.25, 0.3) is 0 Å². The van der Waals surface area contributed by atoms with Gasteiger partial charge in [-0.1, -0.05) is 24.3 Å². The topological polar surface area (TPSA) is 67.6 Å². The van der Waals surface area contributed by atoms with Crippen LogP contribution in [0.15, 0.2) is 48.8 Å². The molecular weight excluding hydrogens is 248 g/mol. The molecule has 0 amide bonds. The van der Waals surface area contributed by atoms with Crippen LogP contribution < -0.4 is 5.73 Å². The van der Waals surface area contributed by atoms with E-state index in [1.807, 2.05) is 55.7 Å². The molecule has 0 bridgehead atoms. The second kappa shape index (κ2) is 5.27. The number of aromatic nitrogens is 3. The predicted molar refractivity (Wildman–Crippen MR) is 79.9 cm³/mol. The fourth-order valence-electron chi connectivity index (χ4n) is 2.12. The first-order valence-electron chi connectivity index (χ1n) is 6.54. The Morgan fingerprint density at radius 1 is 1.05 bits per heavy atom. The maximum absolute atomic E-state index is 5.62. The molecule has 20 heavy (non-hydrogen) atoms. The largest absolute Gasteiger partial charge is 0.367 e. The molecule has 2 aromatic heterocycles. The molecular formula is C16H16N4. The Morgan fingerprint density at radius 2 is 1.85 bits per heavy atom. The monoisotopic (exact) mass is 264 g/mol. The molecule has 0 radical (unpaired) electrons. The lowest BCUT2D eigenvalue weighted by atomic mass is 10.1. The summed E-state index contributed by atoms with van der Waals surface area (Å²) >= 11 is 0. The minimum atomic E-state index is 0.545. The normalized spacial score (nSPS) is 10.7. The molecule has 0 saturated heterocycles. The van der Waals surface area contributed by atoms with Gasteiger partial charge in [0, 0.05) is 35.8 Å². The molecule has 1 aromatic carbocycles. The maximum Gasteiger partial charge on any atom is 0.160 e. The van der Waals surface area contributed by atoms with Crippen LogP contribution in [0, 0.1) is 6.92 Å². The van der Waals surface area contributed by atoms with Crippen molar-refractivity contribution >= 4 is 0 Å². The van der Waals surface area contributed by atoms with Gasteiger partial charge in [0.2, 0.25) is 0 Å². The molecule has 100 valence electrons. The van der Waals surface area contributed by atoms with Crippen LogP contribution in [0.4, 0.5) is 0 Å². The Kier molecular flexibility index (Phi) is 3.31. The molecule has 3 N–H and O–H groups in total. The summed E-state index contributed by atoms with van der Waals surface area (Å²) in [5, 5.41) is 0. The van der Waals surface area contributed by atoms with E-state index in [0.717, 1.165) is 33.9 Å². The lowest BCUT2D eigenvalue weighted by Crippen LogP contribution is -1.97. The standard InChI is InChI=1S/C16H16N4/c1-11-8-15(14-6-7-18-10-14)20-16(19-11)13-4-2-12(9-17)3-5-13/h2-8,10,18H,9,17H2,1H3. The van der Waals surface area contributed by atoms with Crippen molar-refractivity contribution < 1.29 is 0 Å². The molecule has 3 aromatic rings. The number of H-pyrrole nitrogens is 1. The fraction of sp³-hybridized carbons (Fsp3) is 0.125. The van der Waals surface area contributed by atoms with Crippen molar-refractivity contribution in [3.8, 4) is 22.6 Å². The van der Waals surface area contributed by atoms with Crippen molar-refractivity contribution in [1.82, 2.24) is 15.0 Å². The van der Waals surface area contributed by atoms with Crippen LogP contribution in [0.25, 0.3) is 22.6 Å². The van der Waals surface area contributed by atoms with Crippen LogP contribution in [0.5, 0.6) is 0 Å². The van der Waals surface area contributed by atoms with Gasteiger partial charge >= 0.3 is 0 Å². The van der Waals surface area contributed by atoms with Gasteiger partial charge in [-0.25, -0.2) is 9.97 Å². The Labute approximate surface area is 117 Å². The minimum absolute atomic E-state index is 0.545. The van der Waals surface area contributed by atoms with Crippen molar-refractivity contribution in [1.29, 1.82) is 0 Å². The summed E-state index contributed by atoms with van der Waals surface area (Å²) in [6.07, 6.45) is 3.82. The highest BCUT2D eigenvalue weighted by Crippen LogP contribution is 2.22. The summed E-state index contributed by atoms with van der Waals surface area (Å²) in [4.78, 5) is 12.2. The zero-order chi connectivity index (χ0) is 13.9. The van der Waals surface area contributed by atoms with E-state index in [0.29, 0.717) is 6.54 Å². The molecule has 0 spiro atoms. The van der Waals surface area contributed by atoms with E-state index in [1.165, 1.54) is 0 Å². The Bertz CT molecular complexity index is 700. The van der Waals surface area contributed by atoms with E-state index in [9.17, 15) is 0 Å². The molecule has 0 atom stereocenters. The average Bonchev–Trinajstić information content (AvgIpc) is 3.01. The number of nitrogens with two attached hydrogens (primary N) is 1. The molecule has 0 aliphatic heterocycles. The zero-order valence-electron chi connectivity index (χ0n) is 11.3. The quantitative estimate of drug-likeness (QED) is 0.764. The van der Waals surface area contributed by atoms with E-state index >= 15 is 0 Å². The van der Waals surface area contributed by atoms with E-state index in [-0.39, 0.29) is 0 Å². The fourth-order valence-corrected chi connectivity index (χ4v) is 2.12. The molecule has 4 heteroatoms. The van der Waals surface area contributed by atoms with E-state index in [4.69, 9.17) is 5.73 Å². The lowest BCUT2D eigenvalue weighted by molar-refractivity contribution is 1.07. The number of hydrogen-bond donors (Lipinski definition) is 2. The molecule has 3 rings (SSSR count). The SMILES string of the molecule is Cc1cc(-c2cc[nH]c2)nc(-c2ccc(CN)cc2)n1. The third-order valence-corrected chi connectivity index (χ3v) is 3.20. The highest BCUT2D eigenvalue weighted by Gasteiger charge is 2.07. The summed E-state index contributed by atoms with van der Waals surface area (Å²) in [5.74, 6) is 0.741. The molecule has 0 fully saturated rings. The Hall–Kier alpha value is -2.46. The number of nitrogens with zero attached hydrogens (tertiary/aromatic N) is 2. The number of aryl methyl sites for hydroxylation is 1. The average molecular weight is 264 g/mol. The van der Waals surface area contributed by atoms with Crippen molar-refractivity contribution in [2.75, 3.05) is 0 Å². The van der Waals surface area contributed by atoms with Gasteiger partial charge in [0.05, 0.1) is 5.69 Å². The van der Waals surface area contributed by atoms with Crippen LogP contribution in [0.2, 0.25) is 0 Å². The van der Waals surface area contributed by atoms with Gasteiger partial charge in [0.15, 0.2) is 5.82 Å². The summed E-state index contributed by atoms with van der Waals surface area (Å²) in [5.41, 5.74) is 10.7. The van der Waals surface area contributed by atoms with Crippen LogP contribution in [0.1, 0.15) is 11.3 Å². The number of rotatable bonds is 3. The summed E-state index contributed by atoms with van der Waals surface area (Å²) in [7, 11) is 0. The third-order valence-electron chi connectivity index (χ3n) is 3.20. The lowest BCUT2D eigenvalue weighted by Gasteiger charge is -2.06. The van der Waals surface area contributed by atoms with E-state index in [1.54, 1.807) is 0 Å². The second-order valence-electron chi connectivity index (χ2n) is 4.72. The van der Waals surface area contributed by atoms with Gasteiger partial charge in [-0.15, -0.1) is 0 Å². The van der Waals surface area contributed by atoms with Crippen LogP contribution in [-0.2, 0) is 6.54 Å². The molecule has 0 aliphatic carbocycles. The van der Waals surface area contributed by atoms with Crippen molar-refractivity contribution in [3.63, 3.8) is 0 Å². The first-order valence-corrected chi connectivity index (χ1v) is 6.54. The number of nitrogens with one attached hydrogen (secondary N) is 1. The minimum Gasteiger partial charge on any atom is -0.367 e. The Morgan fingerprint density at radius 3 is 2.50 bits per heavy atom. The number of hydrogen-bond acceptors (Lipinski definition) is 3. The molecule has 4 nitrogen and oxygen atoms in total. The second-order valence-corrected chi connectivity index (χ2v) is 4.72. The zero-order valence-corrected chi connectivity index (χ0v) is 11.3. The summed E-state index contributed by atoms with van der Waals surface area (Å²) in [6, 6.07) is 12.0. The summed E-state index contributed by atoms with van der Waals surface area (Å²) < 4.78 is 0. The highest BCUT2D eigenvalue weighted by molar-refractivity contribution is 5.63. The Balaban J connectivity index is 2.04. The molecule has 0 saturated carbocycles. The van der Waals surface area contributed by atoms with Crippen LogP contribution >= 0.6 is 0 Å². The van der Waals surface area contributed by atoms with Gasteiger partial charge in [-0.2, -0.15) is 0 Å². The first kappa shape index (κ1) is 12.6. The van der Waals surface area contributed by atoms with Crippen molar-refractivity contribution in [2.24, 2.45) is 5.73 Å². The van der Waals surface area contributed by atoms with Gasteiger partial charge in [-0.05, 0) is 24.6 Å². The molecule has 2 heterocycles. The van der Waals surface area contributed by atoms with Gasteiger partial charge in [-0.3, -0.25) is 0 Å². The molecule has 0 aliphatic rings. The van der Waals surface area contributed by atoms with Crippen molar-refractivity contribution in [3.05, 3.63) is 60.0 Å². The van der Waals surface area contributed by atoms with Crippen LogP contribution in [-0.4, -0.2) is 15.0 Å². The smallest absolute Gasteiger partial charge is 0.160 e. The maximum atomic E-state index is 5.62. The molecule has 0 unspecified atom stereocenters. The van der Waals surface area contributed by atoms with Crippen LogP contribution in [0.3, 0.4) is 0 Å². The van der Waals surface area contributed by atoms with Crippen molar-refractivity contribution in [2.45, 2.75) is 13.5 Å². The highest BCUT2D eigenvalue weighted by atomic mass is 14.9. The third kappa shape index (κ3) is 2.46. The van der Waals surface area contributed by atoms with E-state index < -0.39 is 0 Å². The van der Waals surface area contributed by atoms with E-state index in [2.05, 4.69) is 15.0 Å². The first-order chi connectivity index (χ1) is 9.76.